The van der Waals surface area contributed by atoms with Crippen LogP contribution in [0.5, 0.6) is 0 Å². The predicted octanol–water partition coefficient (Wildman–Crippen LogP) is 2.53. The molecule has 0 rings (SSSR count). The molecule has 0 aromatic rings. The van der Waals surface area contributed by atoms with Crippen molar-refractivity contribution in [3.63, 3.8) is 0 Å². The Balaban J connectivity index is 3.19. The van der Waals surface area contributed by atoms with Gasteiger partial charge < -0.3 is 11.1 Å². The monoisotopic (exact) mass is 200 g/mol. The van der Waals surface area contributed by atoms with Gasteiger partial charge in [0, 0.05) is 12.1 Å². The average Bonchev–Trinajstić information content (AvgIpc) is 2.01. The fraction of sp³-hybridized carbons (Fsp3) is 1.00. The zero-order valence-electron chi connectivity index (χ0n) is 10.3. The van der Waals surface area contributed by atoms with Crippen molar-refractivity contribution in [3.8, 4) is 0 Å². The first-order chi connectivity index (χ1) is 6.52. The minimum Gasteiger partial charge on any atom is -0.328 e. The van der Waals surface area contributed by atoms with Gasteiger partial charge in [-0.2, -0.15) is 0 Å². The highest BCUT2D eigenvalue weighted by Gasteiger charge is 2.03. The molecule has 0 saturated heterocycles. The molecule has 0 aromatic heterocycles. The van der Waals surface area contributed by atoms with Gasteiger partial charge in [0.2, 0.25) is 0 Å². The quantitative estimate of drug-likeness (QED) is 0.591. The minimum absolute atomic E-state index is 0.313. The molecule has 0 spiro atoms. The second-order valence-electron chi connectivity index (χ2n) is 4.96. The Morgan fingerprint density at radius 2 is 1.71 bits per heavy atom. The molecule has 0 aliphatic rings. The number of nitrogens with one attached hydrogen (secondary N) is 1. The first-order valence-electron chi connectivity index (χ1n) is 6.01. The van der Waals surface area contributed by atoms with E-state index in [2.05, 4.69) is 33.0 Å². The van der Waals surface area contributed by atoms with E-state index in [0.717, 1.165) is 18.9 Å². The highest BCUT2D eigenvalue weighted by Crippen LogP contribution is 2.05. The van der Waals surface area contributed by atoms with E-state index in [1.165, 1.54) is 19.3 Å². The summed E-state index contributed by atoms with van der Waals surface area (Å²) in [6.07, 6.45) is 5.06. The molecule has 3 N–H and O–H groups in total. The molecule has 2 heteroatoms. The molecule has 0 saturated carbocycles. The van der Waals surface area contributed by atoms with Crippen LogP contribution in [0, 0.1) is 5.92 Å². The summed E-state index contributed by atoms with van der Waals surface area (Å²) in [5, 5.41) is 3.51. The van der Waals surface area contributed by atoms with Gasteiger partial charge in [0.05, 0.1) is 0 Å². The van der Waals surface area contributed by atoms with Crippen molar-refractivity contribution < 1.29 is 0 Å². The van der Waals surface area contributed by atoms with Gasteiger partial charge in [-0.3, -0.25) is 0 Å². The summed E-state index contributed by atoms with van der Waals surface area (Å²) in [6.45, 7) is 9.99. The van der Waals surface area contributed by atoms with Gasteiger partial charge in [-0.15, -0.1) is 0 Å². The second kappa shape index (κ2) is 8.25. The third-order valence-electron chi connectivity index (χ3n) is 2.43. The van der Waals surface area contributed by atoms with Crippen molar-refractivity contribution in [1.29, 1.82) is 0 Å². The Morgan fingerprint density at radius 3 is 2.21 bits per heavy atom. The minimum atomic E-state index is 0.313. The fourth-order valence-corrected chi connectivity index (χ4v) is 1.67. The van der Waals surface area contributed by atoms with Crippen molar-refractivity contribution in [1.82, 2.24) is 5.32 Å². The van der Waals surface area contributed by atoms with Crippen LogP contribution in [0.1, 0.15) is 53.4 Å². The van der Waals surface area contributed by atoms with E-state index < -0.39 is 0 Å². The molecule has 2 unspecified atom stereocenters. The Hall–Kier alpha value is -0.0800. The maximum Gasteiger partial charge on any atom is 0.00533 e. The molecule has 2 atom stereocenters. The van der Waals surface area contributed by atoms with E-state index in [4.69, 9.17) is 5.73 Å². The summed E-state index contributed by atoms with van der Waals surface area (Å²) >= 11 is 0. The second-order valence-corrected chi connectivity index (χ2v) is 4.96. The van der Waals surface area contributed by atoms with Crippen LogP contribution in [0.2, 0.25) is 0 Å². The lowest BCUT2D eigenvalue weighted by Gasteiger charge is -2.15. The smallest absolute Gasteiger partial charge is 0.00533 e. The van der Waals surface area contributed by atoms with Gasteiger partial charge >= 0.3 is 0 Å². The standard InChI is InChI=1S/C12H28N2/c1-10(2)7-5-6-8-14-12(4)9-11(3)13/h10-12,14H,5-9,13H2,1-4H3. The Kier molecular flexibility index (Phi) is 8.20. The fourth-order valence-electron chi connectivity index (χ4n) is 1.67. The van der Waals surface area contributed by atoms with E-state index in [9.17, 15) is 0 Å². The summed E-state index contributed by atoms with van der Waals surface area (Å²) in [6, 6.07) is 0.877. The van der Waals surface area contributed by atoms with Crippen LogP contribution < -0.4 is 11.1 Å². The van der Waals surface area contributed by atoms with Crippen molar-refractivity contribution in [3.05, 3.63) is 0 Å². The molecule has 0 radical (unpaired) electrons. The van der Waals surface area contributed by atoms with Crippen molar-refractivity contribution >= 4 is 0 Å². The van der Waals surface area contributed by atoms with Crippen LogP contribution in [-0.4, -0.2) is 18.6 Å². The predicted molar refractivity (Wildman–Crippen MR) is 64.4 cm³/mol. The van der Waals surface area contributed by atoms with Gasteiger partial charge in [0.1, 0.15) is 0 Å². The Morgan fingerprint density at radius 1 is 1.07 bits per heavy atom. The molecule has 14 heavy (non-hydrogen) atoms. The van der Waals surface area contributed by atoms with Crippen LogP contribution in [0.25, 0.3) is 0 Å². The molecule has 86 valence electrons. The van der Waals surface area contributed by atoms with Crippen molar-refractivity contribution in [2.24, 2.45) is 11.7 Å². The molecule has 0 amide bonds. The zero-order valence-corrected chi connectivity index (χ0v) is 10.3. The van der Waals surface area contributed by atoms with E-state index in [1.54, 1.807) is 0 Å². The molecular weight excluding hydrogens is 172 g/mol. The van der Waals surface area contributed by atoms with Crippen LogP contribution >= 0.6 is 0 Å². The summed E-state index contributed by atoms with van der Waals surface area (Å²) < 4.78 is 0. The summed E-state index contributed by atoms with van der Waals surface area (Å²) in [5.41, 5.74) is 5.72. The lowest BCUT2D eigenvalue weighted by molar-refractivity contribution is 0.455. The number of nitrogens with two attached hydrogens (primary N) is 1. The largest absolute Gasteiger partial charge is 0.328 e. The molecule has 0 aliphatic heterocycles. The normalized spacial score (nSPS) is 15.9. The summed E-state index contributed by atoms with van der Waals surface area (Å²) in [5.74, 6) is 0.844. The summed E-state index contributed by atoms with van der Waals surface area (Å²) in [7, 11) is 0. The van der Waals surface area contributed by atoms with Crippen molar-refractivity contribution in [2.45, 2.75) is 65.5 Å². The van der Waals surface area contributed by atoms with Gasteiger partial charge in [-0.25, -0.2) is 0 Å². The van der Waals surface area contributed by atoms with Crippen LogP contribution in [-0.2, 0) is 0 Å². The maximum absolute atomic E-state index is 5.72. The molecule has 0 bridgehead atoms. The molecule has 0 heterocycles. The zero-order chi connectivity index (χ0) is 11.0. The molecule has 0 aromatic carbocycles. The average molecular weight is 200 g/mol. The number of hydrogen-bond donors (Lipinski definition) is 2. The van der Waals surface area contributed by atoms with E-state index >= 15 is 0 Å². The van der Waals surface area contributed by atoms with Crippen LogP contribution in [0.4, 0.5) is 0 Å². The number of hydrogen-bond acceptors (Lipinski definition) is 2. The van der Waals surface area contributed by atoms with Crippen molar-refractivity contribution in [2.75, 3.05) is 6.54 Å². The Bertz CT molecular complexity index is 121. The lowest BCUT2D eigenvalue weighted by atomic mass is 10.1. The van der Waals surface area contributed by atoms with E-state index in [0.29, 0.717) is 12.1 Å². The van der Waals surface area contributed by atoms with E-state index in [1.807, 2.05) is 0 Å². The highest BCUT2D eigenvalue weighted by atomic mass is 14.9. The van der Waals surface area contributed by atoms with Gasteiger partial charge in [-0.1, -0.05) is 26.7 Å². The van der Waals surface area contributed by atoms with Crippen LogP contribution in [0.15, 0.2) is 0 Å². The Labute approximate surface area is 89.6 Å². The highest BCUT2D eigenvalue weighted by molar-refractivity contribution is 4.66. The maximum atomic E-state index is 5.72. The molecule has 0 aliphatic carbocycles. The van der Waals surface area contributed by atoms with Gasteiger partial charge in [-0.05, 0) is 39.2 Å². The summed E-state index contributed by atoms with van der Waals surface area (Å²) in [4.78, 5) is 0. The third kappa shape index (κ3) is 10.0. The molecule has 2 nitrogen and oxygen atoms in total. The van der Waals surface area contributed by atoms with E-state index in [-0.39, 0.29) is 0 Å². The van der Waals surface area contributed by atoms with Gasteiger partial charge in [0.15, 0.2) is 0 Å². The first-order valence-corrected chi connectivity index (χ1v) is 6.01. The number of rotatable bonds is 8. The lowest BCUT2D eigenvalue weighted by Crippen LogP contribution is -2.32. The van der Waals surface area contributed by atoms with Gasteiger partial charge in [0.25, 0.3) is 0 Å². The van der Waals surface area contributed by atoms with Crippen LogP contribution in [0.3, 0.4) is 0 Å². The first kappa shape index (κ1) is 13.9. The topological polar surface area (TPSA) is 38.0 Å². The molecule has 0 fully saturated rings. The number of unbranched alkanes of at least 4 members (excludes halogenated alkanes) is 1. The third-order valence-corrected chi connectivity index (χ3v) is 2.43. The molecular formula is C12H28N2. The SMILES string of the molecule is CC(C)CCCCNC(C)CC(C)N.